The van der Waals surface area contributed by atoms with Gasteiger partial charge in [0.1, 0.15) is 0 Å². The fourth-order valence-corrected chi connectivity index (χ4v) is 5.00. The summed E-state index contributed by atoms with van der Waals surface area (Å²) in [6.07, 6.45) is 15.9. The van der Waals surface area contributed by atoms with E-state index in [1.807, 2.05) is 16.8 Å². The quantitative estimate of drug-likeness (QED) is 0.761. The highest BCUT2D eigenvalue weighted by Gasteiger charge is 2.29. The number of hydrogen-bond acceptors (Lipinski definition) is 4. The van der Waals surface area contributed by atoms with Gasteiger partial charge < -0.3 is 10.6 Å². The molecule has 2 aromatic heterocycles. The first kappa shape index (κ1) is 21.0. The number of nitrogens with zero attached hydrogens (tertiary/aromatic N) is 3. The molecule has 0 aliphatic heterocycles. The molecule has 6 nitrogen and oxygen atoms in total. The van der Waals surface area contributed by atoms with Crippen molar-refractivity contribution in [1.29, 1.82) is 0 Å². The van der Waals surface area contributed by atoms with Gasteiger partial charge in [0.05, 0.1) is 0 Å². The number of carbonyl (C=O) groups is 1. The monoisotopic (exact) mass is 409 g/mol. The molecule has 2 aliphatic rings. The predicted molar refractivity (Wildman–Crippen MR) is 118 cm³/mol. The number of nitrogens with one attached hydrogen (secondary N) is 2. The predicted octanol–water partition coefficient (Wildman–Crippen LogP) is 3.79. The summed E-state index contributed by atoms with van der Waals surface area (Å²) in [5.74, 6) is -0.0677. The van der Waals surface area contributed by atoms with Gasteiger partial charge in [-0.3, -0.25) is 14.5 Å². The Kier molecular flexibility index (Phi) is 7.16. The van der Waals surface area contributed by atoms with Crippen molar-refractivity contribution in [1.82, 2.24) is 25.4 Å². The normalized spacial score (nSPS) is 20.2. The van der Waals surface area contributed by atoms with Crippen LogP contribution in [0.4, 0.5) is 0 Å². The summed E-state index contributed by atoms with van der Waals surface area (Å²) < 4.78 is 2.03. The van der Waals surface area contributed by atoms with Gasteiger partial charge >= 0.3 is 0 Å². The highest BCUT2D eigenvalue weighted by atomic mass is 16.1. The molecular weight excluding hydrogens is 374 g/mol. The van der Waals surface area contributed by atoms with Crippen molar-refractivity contribution in [2.24, 2.45) is 0 Å². The minimum absolute atomic E-state index is 0.0677. The molecule has 2 aromatic rings. The molecule has 162 valence electrons. The molecule has 0 spiro atoms. The lowest BCUT2D eigenvalue weighted by Gasteiger charge is -2.30. The lowest BCUT2D eigenvalue weighted by Crippen LogP contribution is -2.42. The van der Waals surface area contributed by atoms with Crippen LogP contribution in [0.3, 0.4) is 0 Å². The zero-order valence-corrected chi connectivity index (χ0v) is 18.2. The summed E-state index contributed by atoms with van der Waals surface area (Å²) in [4.78, 5) is 17.0. The topological polar surface area (TPSA) is 71.8 Å². The summed E-state index contributed by atoms with van der Waals surface area (Å²) in [7, 11) is 0. The van der Waals surface area contributed by atoms with Crippen molar-refractivity contribution in [2.45, 2.75) is 96.3 Å². The minimum Gasteiger partial charge on any atom is -0.347 e. The Bertz CT molecular complexity index is 824. The molecule has 1 atom stereocenters. The fraction of sp³-hybridized carbons (Fsp3) is 0.625. The zero-order valence-electron chi connectivity index (χ0n) is 18.2. The molecule has 6 heteroatoms. The van der Waals surface area contributed by atoms with Gasteiger partial charge in [-0.2, -0.15) is 5.10 Å². The first-order valence-electron chi connectivity index (χ1n) is 11.8. The van der Waals surface area contributed by atoms with Crippen LogP contribution in [0, 0.1) is 0 Å². The second kappa shape index (κ2) is 10.2. The van der Waals surface area contributed by atoms with Crippen molar-refractivity contribution in [3.63, 3.8) is 0 Å². The van der Waals surface area contributed by atoms with Crippen LogP contribution in [-0.4, -0.2) is 32.8 Å². The highest BCUT2D eigenvalue weighted by Crippen LogP contribution is 2.27. The van der Waals surface area contributed by atoms with E-state index in [-0.39, 0.29) is 5.91 Å². The molecule has 2 aliphatic carbocycles. The lowest BCUT2D eigenvalue weighted by atomic mass is 9.89. The number of rotatable bonds is 6. The maximum absolute atomic E-state index is 13.0. The third-order valence-electron chi connectivity index (χ3n) is 6.64. The molecule has 1 fully saturated rings. The molecular formula is C24H35N5O. The molecule has 2 heterocycles. The molecule has 0 saturated heterocycles. The maximum Gasteiger partial charge on any atom is 0.272 e. The number of aryl methyl sites for hydroxylation is 1. The van der Waals surface area contributed by atoms with E-state index in [9.17, 15) is 4.79 Å². The van der Waals surface area contributed by atoms with Gasteiger partial charge in [0, 0.05) is 48.8 Å². The van der Waals surface area contributed by atoms with Crippen molar-refractivity contribution >= 4 is 5.91 Å². The van der Waals surface area contributed by atoms with Crippen molar-refractivity contribution in [3.8, 4) is 0 Å². The summed E-state index contributed by atoms with van der Waals surface area (Å²) in [5.41, 5.74) is 4.07. The average Bonchev–Trinajstić information content (AvgIpc) is 3.13. The Morgan fingerprint density at radius 3 is 2.53 bits per heavy atom. The van der Waals surface area contributed by atoms with E-state index in [0.717, 1.165) is 36.9 Å². The molecule has 0 radical (unpaired) electrons. The van der Waals surface area contributed by atoms with Gasteiger partial charge in [0.15, 0.2) is 5.69 Å². The number of amides is 1. The van der Waals surface area contributed by atoms with Gasteiger partial charge in [-0.25, -0.2) is 0 Å². The van der Waals surface area contributed by atoms with Crippen LogP contribution in [0.2, 0.25) is 0 Å². The SMILES string of the molecule is CCn1nc(C(=O)NCc2ccncc2)c2c1CCC(NC1CCCCCCC1)C2. The maximum atomic E-state index is 13.0. The molecule has 1 amide bonds. The Hall–Kier alpha value is -2.21. The fourth-order valence-electron chi connectivity index (χ4n) is 5.00. The van der Waals surface area contributed by atoms with E-state index in [0.29, 0.717) is 24.3 Å². The smallest absolute Gasteiger partial charge is 0.272 e. The van der Waals surface area contributed by atoms with E-state index in [2.05, 4.69) is 22.5 Å². The summed E-state index contributed by atoms with van der Waals surface area (Å²) >= 11 is 0. The second-order valence-corrected chi connectivity index (χ2v) is 8.78. The standard InChI is InChI=1S/C24H35N5O/c1-2-29-22-11-10-20(27-19-8-6-4-3-5-7-9-19)16-21(22)23(28-29)24(30)26-17-18-12-14-25-15-13-18/h12-15,19-20,27H,2-11,16-17H2,1H3,(H,26,30). The minimum atomic E-state index is -0.0677. The van der Waals surface area contributed by atoms with E-state index < -0.39 is 0 Å². The Balaban J connectivity index is 1.44. The first-order chi connectivity index (χ1) is 14.7. The van der Waals surface area contributed by atoms with Crippen LogP contribution in [-0.2, 0) is 25.9 Å². The summed E-state index contributed by atoms with van der Waals surface area (Å²) in [6.45, 7) is 3.41. The van der Waals surface area contributed by atoms with E-state index in [1.54, 1.807) is 12.4 Å². The van der Waals surface area contributed by atoms with Crippen LogP contribution >= 0.6 is 0 Å². The van der Waals surface area contributed by atoms with E-state index in [4.69, 9.17) is 5.10 Å². The number of fused-ring (bicyclic) bond motifs is 1. The van der Waals surface area contributed by atoms with Crippen molar-refractivity contribution in [3.05, 3.63) is 47.0 Å². The van der Waals surface area contributed by atoms with Crippen LogP contribution in [0.1, 0.15) is 85.6 Å². The zero-order chi connectivity index (χ0) is 20.8. The van der Waals surface area contributed by atoms with Crippen LogP contribution in [0.5, 0.6) is 0 Å². The third-order valence-corrected chi connectivity index (χ3v) is 6.64. The van der Waals surface area contributed by atoms with Gasteiger partial charge in [0.25, 0.3) is 5.91 Å². The Morgan fingerprint density at radius 1 is 1.07 bits per heavy atom. The van der Waals surface area contributed by atoms with E-state index >= 15 is 0 Å². The third kappa shape index (κ3) is 5.09. The number of pyridine rings is 1. The molecule has 2 N–H and O–H groups in total. The number of hydrogen-bond donors (Lipinski definition) is 2. The highest BCUT2D eigenvalue weighted by molar-refractivity contribution is 5.94. The molecule has 1 unspecified atom stereocenters. The summed E-state index contributed by atoms with van der Waals surface area (Å²) in [6, 6.07) is 4.93. The Morgan fingerprint density at radius 2 is 1.80 bits per heavy atom. The second-order valence-electron chi connectivity index (χ2n) is 8.78. The Labute approximate surface area is 179 Å². The molecule has 30 heavy (non-hydrogen) atoms. The number of carbonyl (C=O) groups excluding carboxylic acids is 1. The largest absolute Gasteiger partial charge is 0.347 e. The molecule has 0 bridgehead atoms. The van der Waals surface area contributed by atoms with Crippen molar-refractivity contribution in [2.75, 3.05) is 0 Å². The molecule has 0 aromatic carbocycles. The molecule has 1 saturated carbocycles. The summed E-state index contributed by atoms with van der Waals surface area (Å²) in [5, 5.41) is 11.7. The average molecular weight is 410 g/mol. The van der Waals surface area contributed by atoms with Gasteiger partial charge in [-0.1, -0.05) is 32.1 Å². The van der Waals surface area contributed by atoms with Crippen LogP contribution in [0.25, 0.3) is 0 Å². The van der Waals surface area contributed by atoms with Crippen LogP contribution in [0.15, 0.2) is 24.5 Å². The van der Waals surface area contributed by atoms with Gasteiger partial charge in [-0.15, -0.1) is 0 Å². The lowest BCUT2D eigenvalue weighted by molar-refractivity contribution is 0.0944. The van der Waals surface area contributed by atoms with Gasteiger partial charge in [0.2, 0.25) is 0 Å². The number of aromatic nitrogens is 3. The van der Waals surface area contributed by atoms with Crippen molar-refractivity contribution < 1.29 is 4.79 Å². The van der Waals surface area contributed by atoms with E-state index in [1.165, 1.54) is 50.6 Å². The van der Waals surface area contributed by atoms with Gasteiger partial charge in [-0.05, 0) is 56.7 Å². The van der Waals surface area contributed by atoms with Crippen LogP contribution < -0.4 is 10.6 Å². The first-order valence-corrected chi connectivity index (χ1v) is 11.8. The molecule has 4 rings (SSSR count).